The minimum Gasteiger partial charge on any atom is -0.493 e. The van der Waals surface area contributed by atoms with E-state index in [0.29, 0.717) is 28.1 Å². The van der Waals surface area contributed by atoms with E-state index < -0.39 is 17.4 Å². The Balaban J connectivity index is 1.83. The Morgan fingerprint density at radius 1 is 1.06 bits per heavy atom. The van der Waals surface area contributed by atoms with E-state index in [1.165, 1.54) is 20.3 Å². The molecule has 0 bridgehead atoms. The van der Waals surface area contributed by atoms with E-state index in [1.807, 2.05) is 0 Å². The van der Waals surface area contributed by atoms with Gasteiger partial charge in [0.2, 0.25) is 0 Å². The number of fused-ring (bicyclic) bond motifs is 1. The number of nitrogens with one attached hydrogen (secondary N) is 1. The van der Waals surface area contributed by atoms with Gasteiger partial charge in [0.1, 0.15) is 5.00 Å². The van der Waals surface area contributed by atoms with Gasteiger partial charge < -0.3 is 19.5 Å². The highest BCUT2D eigenvalue weighted by Gasteiger charge is 2.23. The van der Waals surface area contributed by atoms with Crippen molar-refractivity contribution in [3.63, 3.8) is 0 Å². The Bertz CT molecular complexity index is 1430. The normalized spacial score (nSPS) is 10.7. The Hall–Kier alpha value is -4.18. The molecule has 0 atom stereocenters. The molecule has 2 aromatic carbocycles. The highest BCUT2D eigenvalue weighted by molar-refractivity contribution is 7.16. The third-order valence-electron chi connectivity index (χ3n) is 4.99. The number of aromatic nitrogens is 2. The number of methoxy groups -OCH3 is 2. The number of ether oxygens (including phenoxy) is 3. The number of rotatable bonds is 7. The molecule has 0 aliphatic heterocycles. The third-order valence-corrected chi connectivity index (χ3v) is 5.89. The number of thiophene rings is 1. The number of esters is 1. The van der Waals surface area contributed by atoms with Crippen molar-refractivity contribution in [2.45, 2.75) is 6.92 Å². The largest absolute Gasteiger partial charge is 0.493 e. The summed E-state index contributed by atoms with van der Waals surface area (Å²) in [6.07, 6.45) is 0. The van der Waals surface area contributed by atoms with Crippen LogP contribution in [0.15, 0.2) is 58.7 Å². The van der Waals surface area contributed by atoms with Gasteiger partial charge in [-0.1, -0.05) is 18.2 Å². The molecule has 0 aliphatic carbocycles. The fourth-order valence-corrected chi connectivity index (χ4v) is 4.32. The first kappa shape index (κ1) is 23.0. The van der Waals surface area contributed by atoms with Crippen molar-refractivity contribution in [2.24, 2.45) is 0 Å². The molecule has 34 heavy (non-hydrogen) atoms. The molecule has 4 aromatic rings. The van der Waals surface area contributed by atoms with Crippen LogP contribution in [0.2, 0.25) is 0 Å². The number of hydrogen-bond donors (Lipinski definition) is 1. The maximum atomic E-state index is 13.4. The van der Waals surface area contributed by atoms with Crippen molar-refractivity contribution in [3.8, 4) is 17.2 Å². The smallest absolute Gasteiger partial charge is 0.359 e. The zero-order chi connectivity index (χ0) is 24.2. The summed E-state index contributed by atoms with van der Waals surface area (Å²) in [5.74, 6) is -0.236. The van der Waals surface area contributed by atoms with Crippen molar-refractivity contribution >= 4 is 39.0 Å². The molecule has 0 fully saturated rings. The second-order valence-corrected chi connectivity index (χ2v) is 7.88. The summed E-state index contributed by atoms with van der Waals surface area (Å²) in [7, 11) is 2.98. The van der Waals surface area contributed by atoms with Crippen molar-refractivity contribution in [2.75, 3.05) is 26.1 Å². The van der Waals surface area contributed by atoms with Gasteiger partial charge in [0, 0.05) is 16.3 Å². The summed E-state index contributed by atoms with van der Waals surface area (Å²) in [5, 5.41) is 9.42. The lowest BCUT2D eigenvalue weighted by Crippen LogP contribution is -2.25. The number of hydrogen-bond acceptors (Lipinski definition) is 8. The topological polar surface area (TPSA) is 109 Å². The number of anilines is 1. The van der Waals surface area contributed by atoms with Gasteiger partial charge in [0.05, 0.1) is 31.9 Å². The van der Waals surface area contributed by atoms with E-state index in [1.54, 1.807) is 54.8 Å². The maximum absolute atomic E-state index is 13.4. The van der Waals surface area contributed by atoms with Crippen LogP contribution >= 0.6 is 11.3 Å². The molecule has 174 valence electrons. The van der Waals surface area contributed by atoms with Crippen molar-refractivity contribution in [3.05, 3.63) is 75.5 Å². The Labute approximate surface area is 198 Å². The molecule has 0 saturated heterocycles. The number of carbonyl (C=O) groups is 2. The van der Waals surface area contributed by atoms with Gasteiger partial charge in [0.25, 0.3) is 11.5 Å². The zero-order valence-corrected chi connectivity index (χ0v) is 19.5. The van der Waals surface area contributed by atoms with Crippen molar-refractivity contribution in [1.82, 2.24) is 9.78 Å². The van der Waals surface area contributed by atoms with Crippen molar-refractivity contribution < 1.29 is 23.8 Å². The second kappa shape index (κ2) is 9.75. The average molecular weight is 480 g/mol. The summed E-state index contributed by atoms with van der Waals surface area (Å²) >= 11 is 1.12. The van der Waals surface area contributed by atoms with E-state index >= 15 is 0 Å². The van der Waals surface area contributed by atoms with E-state index in [4.69, 9.17) is 14.2 Å². The lowest BCUT2D eigenvalue weighted by atomic mass is 10.1. The predicted octanol–water partition coefficient (Wildman–Crippen LogP) is 3.89. The molecule has 2 aromatic heterocycles. The lowest BCUT2D eigenvalue weighted by molar-refractivity contribution is 0.0520. The molecule has 0 radical (unpaired) electrons. The molecule has 4 rings (SSSR count). The summed E-state index contributed by atoms with van der Waals surface area (Å²) in [5.41, 5.74) is 0.298. The van der Waals surface area contributed by atoms with Crippen LogP contribution < -0.4 is 20.3 Å². The van der Waals surface area contributed by atoms with Gasteiger partial charge >= 0.3 is 5.97 Å². The minimum atomic E-state index is -0.659. The first-order chi connectivity index (χ1) is 16.5. The van der Waals surface area contributed by atoms with Crippen LogP contribution in [0.5, 0.6) is 11.5 Å². The number of amides is 1. The average Bonchev–Trinajstić information content (AvgIpc) is 3.28. The minimum absolute atomic E-state index is 0.0110. The van der Waals surface area contributed by atoms with Crippen LogP contribution in [-0.2, 0) is 4.74 Å². The molecule has 0 unspecified atom stereocenters. The van der Waals surface area contributed by atoms with Crippen LogP contribution in [0.25, 0.3) is 16.5 Å². The fraction of sp³-hybridized carbons (Fsp3) is 0.167. The SMILES string of the molecule is CCOC(=O)c1nn(-c2ccccc2)c(=O)c2c(NC(=O)c3ccc(OC)c(OC)c3)scc12. The van der Waals surface area contributed by atoms with E-state index in [0.717, 1.165) is 16.0 Å². The summed E-state index contributed by atoms with van der Waals surface area (Å²) in [4.78, 5) is 39.0. The third kappa shape index (κ3) is 4.23. The van der Waals surface area contributed by atoms with Gasteiger partial charge in [-0.2, -0.15) is 9.78 Å². The van der Waals surface area contributed by atoms with Crippen LogP contribution in [0.1, 0.15) is 27.8 Å². The van der Waals surface area contributed by atoms with Crippen LogP contribution in [0.3, 0.4) is 0 Å². The summed E-state index contributed by atoms with van der Waals surface area (Å²) in [6, 6.07) is 13.4. The molecule has 9 nitrogen and oxygen atoms in total. The van der Waals surface area contributed by atoms with Gasteiger partial charge in [-0.05, 0) is 37.3 Å². The standard InChI is InChI=1S/C24H21N3O6S/c1-4-33-24(30)20-16-13-34-22(19(16)23(29)27(26-20)15-8-6-5-7-9-15)25-21(28)14-10-11-17(31-2)18(12-14)32-3/h5-13H,4H2,1-3H3,(H,25,28). The van der Waals surface area contributed by atoms with E-state index in [-0.39, 0.29) is 22.7 Å². The number of para-hydroxylation sites is 1. The molecule has 0 spiro atoms. The van der Waals surface area contributed by atoms with E-state index in [2.05, 4.69) is 10.4 Å². The van der Waals surface area contributed by atoms with Gasteiger partial charge in [0.15, 0.2) is 17.2 Å². The molecular weight excluding hydrogens is 458 g/mol. The van der Waals surface area contributed by atoms with Crippen molar-refractivity contribution in [1.29, 1.82) is 0 Å². The number of benzene rings is 2. The number of carbonyl (C=O) groups excluding carboxylic acids is 2. The Kier molecular flexibility index (Phi) is 6.60. The molecular formula is C24H21N3O6S. The molecule has 2 heterocycles. The first-order valence-electron chi connectivity index (χ1n) is 10.3. The molecule has 10 heteroatoms. The fourth-order valence-electron chi connectivity index (χ4n) is 3.39. The quantitative estimate of drug-likeness (QED) is 0.401. The molecule has 0 aliphatic rings. The highest BCUT2D eigenvalue weighted by Crippen LogP contribution is 2.32. The zero-order valence-electron chi connectivity index (χ0n) is 18.7. The van der Waals surface area contributed by atoms with Gasteiger partial charge in [-0.15, -0.1) is 11.3 Å². The lowest BCUT2D eigenvalue weighted by Gasteiger charge is -2.11. The summed E-state index contributed by atoms with van der Waals surface area (Å²) < 4.78 is 16.8. The maximum Gasteiger partial charge on any atom is 0.359 e. The van der Waals surface area contributed by atoms with Crippen LogP contribution in [0.4, 0.5) is 5.00 Å². The summed E-state index contributed by atoms with van der Waals surface area (Å²) in [6.45, 7) is 1.84. The molecule has 1 amide bonds. The molecule has 1 N–H and O–H groups in total. The number of nitrogens with zero attached hydrogens (tertiary/aromatic N) is 2. The van der Waals surface area contributed by atoms with Gasteiger partial charge in [-0.25, -0.2) is 4.79 Å². The Morgan fingerprint density at radius 3 is 2.47 bits per heavy atom. The monoisotopic (exact) mass is 479 g/mol. The highest BCUT2D eigenvalue weighted by atomic mass is 32.1. The van der Waals surface area contributed by atoms with Crippen LogP contribution in [0, 0.1) is 0 Å². The predicted molar refractivity (Wildman–Crippen MR) is 129 cm³/mol. The van der Waals surface area contributed by atoms with Crippen LogP contribution in [-0.4, -0.2) is 42.5 Å². The van der Waals surface area contributed by atoms with Gasteiger partial charge in [-0.3, -0.25) is 9.59 Å². The van der Waals surface area contributed by atoms with E-state index in [9.17, 15) is 14.4 Å². The second-order valence-electron chi connectivity index (χ2n) is 7.00. The Morgan fingerprint density at radius 2 is 1.79 bits per heavy atom. The first-order valence-corrected chi connectivity index (χ1v) is 11.2. The molecule has 0 saturated carbocycles.